The molecule has 88 valence electrons. The number of anilines is 1. The molecule has 3 N–H and O–H groups in total. The fourth-order valence-electron chi connectivity index (χ4n) is 1.98. The van der Waals surface area contributed by atoms with E-state index in [-0.39, 0.29) is 0 Å². The molecule has 0 aliphatic carbocycles. The Morgan fingerprint density at radius 1 is 1.25 bits per heavy atom. The molecule has 0 spiro atoms. The van der Waals surface area contributed by atoms with Crippen LogP contribution in [-0.4, -0.2) is 19.3 Å². The fourth-order valence-corrected chi connectivity index (χ4v) is 1.98. The van der Waals surface area contributed by atoms with Crippen LogP contribution in [-0.2, 0) is 11.3 Å². The lowest BCUT2D eigenvalue weighted by Gasteiger charge is -2.22. The lowest BCUT2D eigenvalue weighted by molar-refractivity contribution is 0.0168. The summed E-state index contributed by atoms with van der Waals surface area (Å²) in [5.41, 5.74) is 7.72. The van der Waals surface area contributed by atoms with Crippen molar-refractivity contribution < 1.29 is 4.74 Å². The minimum absolute atomic E-state index is 0.405. The molecule has 3 heteroatoms. The minimum atomic E-state index is 0.405. The van der Waals surface area contributed by atoms with E-state index in [0.29, 0.717) is 6.10 Å². The zero-order chi connectivity index (χ0) is 11.2. The normalized spacial score (nSPS) is 20.9. The highest BCUT2D eigenvalue weighted by Crippen LogP contribution is 2.12. The molecule has 1 saturated heterocycles. The van der Waals surface area contributed by atoms with E-state index in [1.54, 1.807) is 0 Å². The molecular formula is C13H20N2O. The highest BCUT2D eigenvalue weighted by atomic mass is 16.5. The number of ether oxygens (including phenoxy) is 1. The maximum atomic E-state index is 5.65. The Balaban J connectivity index is 1.69. The van der Waals surface area contributed by atoms with E-state index in [2.05, 4.69) is 17.4 Å². The maximum Gasteiger partial charge on any atom is 0.0699 e. The SMILES string of the molecule is Nc1ccc(CNCC2CCCCO2)cc1. The number of rotatable bonds is 4. The van der Waals surface area contributed by atoms with Crippen molar-refractivity contribution in [3.63, 3.8) is 0 Å². The standard InChI is InChI=1S/C13H20N2O/c14-12-6-4-11(5-7-12)9-15-10-13-3-1-2-8-16-13/h4-7,13,15H,1-3,8-10,14H2. The van der Waals surface area contributed by atoms with Crippen molar-refractivity contribution in [2.75, 3.05) is 18.9 Å². The van der Waals surface area contributed by atoms with Crippen LogP contribution in [0.15, 0.2) is 24.3 Å². The van der Waals surface area contributed by atoms with Gasteiger partial charge in [0.1, 0.15) is 0 Å². The van der Waals surface area contributed by atoms with Gasteiger partial charge in [-0.15, -0.1) is 0 Å². The summed E-state index contributed by atoms with van der Waals surface area (Å²) in [6.07, 6.45) is 4.11. The minimum Gasteiger partial charge on any atom is -0.399 e. The lowest BCUT2D eigenvalue weighted by atomic mass is 10.1. The van der Waals surface area contributed by atoms with E-state index in [0.717, 1.165) is 25.4 Å². The summed E-state index contributed by atoms with van der Waals surface area (Å²) in [7, 11) is 0. The number of hydrogen-bond acceptors (Lipinski definition) is 3. The van der Waals surface area contributed by atoms with Gasteiger partial charge in [-0.25, -0.2) is 0 Å². The van der Waals surface area contributed by atoms with Gasteiger partial charge < -0.3 is 15.8 Å². The molecule has 0 amide bonds. The van der Waals surface area contributed by atoms with Crippen molar-refractivity contribution in [3.8, 4) is 0 Å². The second kappa shape index (κ2) is 5.87. The highest BCUT2D eigenvalue weighted by molar-refractivity contribution is 5.39. The summed E-state index contributed by atoms with van der Waals surface area (Å²) >= 11 is 0. The number of hydrogen-bond donors (Lipinski definition) is 2. The number of nitrogen functional groups attached to an aromatic ring is 1. The van der Waals surface area contributed by atoms with Crippen LogP contribution in [0.3, 0.4) is 0 Å². The van der Waals surface area contributed by atoms with Gasteiger partial charge >= 0.3 is 0 Å². The van der Waals surface area contributed by atoms with Gasteiger partial charge in [0.05, 0.1) is 6.10 Å². The van der Waals surface area contributed by atoms with Gasteiger partial charge in [0.2, 0.25) is 0 Å². The third-order valence-electron chi connectivity index (χ3n) is 2.95. The first-order chi connectivity index (χ1) is 7.84. The first-order valence-electron chi connectivity index (χ1n) is 6.01. The summed E-state index contributed by atoms with van der Waals surface area (Å²) < 4.78 is 5.65. The summed E-state index contributed by atoms with van der Waals surface area (Å²) in [5, 5.41) is 3.43. The zero-order valence-electron chi connectivity index (χ0n) is 9.61. The molecule has 1 aliphatic rings. The third kappa shape index (κ3) is 3.51. The average Bonchev–Trinajstić information content (AvgIpc) is 2.33. The number of nitrogens with one attached hydrogen (secondary N) is 1. The molecule has 2 rings (SSSR count). The van der Waals surface area contributed by atoms with Crippen molar-refractivity contribution in [1.82, 2.24) is 5.32 Å². The molecule has 0 bridgehead atoms. The molecule has 1 aliphatic heterocycles. The van der Waals surface area contributed by atoms with Gasteiger partial charge in [0.15, 0.2) is 0 Å². The molecule has 1 atom stereocenters. The van der Waals surface area contributed by atoms with Crippen molar-refractivity contribution >= 4 is 5.69 Å². The first-order valence-corrected chi connectivity index (χ1v) is 6.01. The van der Waals surface area contributed by atoms with Crippen LogP contribution in [0.2, 0.25) is 0 Å². The van der Waals surface area contributed by atoms with Crippen molar-refractivity contribution in [1.29, 1.82) is 0 Å². The van der Waals surface area contributed by atoms with E-state index in [1.165, 1.54) is 24.8 Å². The summed E-state index contributed by atoms with van der Waals surface area (Å²) in [5.74, 6) is 0. The van der Waals surface area contributed by atoms with Gasteiger partial charge in [-0.2, -0.15) is 0 Å². The van der Waals surface area contributed by atoms with Crippen LogP contribution < -0.4 is 11.1 Å². The van der Waals surface area contributed by atoms with E-state index in [4.69, 9.17) is 10.5 Å². The Morgan fingerprint density at radius 3 is 2.75 bits per heavy atom. The van der Waals surface area contributed by atoms with Gasteiger partial charge in [-0.05, 0) is 37.0 Å². The third-order valence-corrected chi connectivity index (χ3v) is 2.95. The highest BCUT2D eigenvalue weighted by Gasteiger charge is 2.12. The van der Waals surface area contributed by atoms with Gasteiger partial charge in [-0.1, -0.05) is 12.1 Å². The van der Waals surface area contributed by atoms with E-state index in [1.807, 2.05) is 12.1 Å². The molecule has 1 heterocycles. The van der Waals surface area contributed by atoms with Crippen LogP contribution in [0, 0.1) is 0 Å². The molecule has 3 nitrogen and oxygen atoms in total. The predicted molar refractivity (Wildman–Crippen MR) is 66.2 cm³/mol. The molecular weight excluding hydrogens is 200 g/mol. The maximum absolute atomic E-state index is 5.65. The quantitative estimate of drug-likeness (QED) is 0.762. The Hall–Kier alpha value is -1.06. The Labute approximate surface area is 97.0 Å². The summed E-state index contributed by atoms with van der Waals surface area (Å²) in [6.45, 7) is 2.76. The molecule has 1 unspecified atom stereocenters. The largest absolute Gasteiger partial charge is 0.399 e. The Bertz CT molecular complexity index is 304. The van der Waals surface area contributed by atoms with Crippen LogP contribution in [0.5, 0.6) is 0 Å². The molecule has 0 radical (unpaired) electrons. The van der Waals surface area contributed by atoms with Crippen LogP contribution in [0.4, 0.5) is 5.69 Å². The molecule has 0 saturated carbocycles. The van der Waals surface area contributed by atoms with Crippen molar-refractivity contribution in [3.05, 3.63) is 29.8 Å². The van der Waals surface area contributed by atoms with E-state index < -0.39 is 0 Å². The molecule has 1 aromatic rings. The lowest BCUT2D eigenvalue weighted by Crippen LogP contribution is -2.31. The molecule has 16 heavy (non-hydrogen) atoms. The molecule has 1 aromatic carbocycles. The van der Waals surface area contributed by atoms with Crippen molar-refractivity contribution in [2.45, 2.75) is 31.9 Å². The smallest absolute Gasteiger partial charge is 0.0699 e. The van der Waals surface area contributed by atoms with E-state index in [9.17, 15) is 0 Å². The summed E-state index contributed by atoms with van der Waals surface area (Å²) in [6, 6.07) is 8.00. The first kappa shape index (κ1) is 11.4. The summed E-state index contributed by atoms with van der Waals surface area (Å²) in [4.78, 5) is 0. The Morgan fingerprint density at radius 2 is 2.06 bits per heavy atom. The second-order valence-electron chi connectivity index (χ2n) is 4.36. The fraction of sp³-hybridized carbons (Fsp3) is 0.538. The monoisotopic (exact) mass is 220 g/mol. The van der Waals surface area contributed by atoms with Crippen LogP contribution in [0.25, 0.3) is 0 Å². The Kier molecular flexibility index (Phi) is 4.19. The van der Waals surface area contributed by atoms with E-state index >= 15 is 0 Å². The van der Waals surface area contributed by atoms with Gasteiger partial charge in [-0.3, -0.25) is 0 Å². The zero-order valence-corrected chi connectivity index (χ0v) is 9.61. The molecule has 0 aromatic heterocycles. The van der Waals surface area contributed by atoms with Crippen LogP contribution >= 0.6 is 0 Å². The average molecular weight is 220 g/mol. The number of nitrogens with two attached hydrogens (primary N) is 1. The predicted octanol–water partition coefficient (Wildman–Crippen LogP) is 1.93. The molecule has 1 fully saturated rings. The van der Waals surface area contributed by atoms with Gasteiger partial charge in [0, 0.05) is 25.4 Å². The van der Waals surface area contributed by atoms with Gasteiger partial charge in [0.25, 0.3) is 0 Å². The second-order valence-corrected chi connectivity index (χ2v) is 4.36. The topological polar surface area (TPSA) is 47.3 Å². The number of benzene rings is 1. The van der Waals surface area contributed by atoms with Crippen LogP contribution in [0.1, 0.15) is 24.8 Å². The van der Waals surface area contributed by atoms with Crippen molar-refractivity contribution in [2.24, 2.45) is 0 Å².